The maximum Gasteiger partial charge on any atom is 0.251 e. The number of nitrogens with zero attached hydrogens (tertiary/aromatic N) is 2. The first-order valence-corrected chi connectivity index (χ1v) is 10.1. The summed E-state index contributed by atoms with van der Waals surface area (Å²) in [5, 5.41) is 31.5. The van der Waals surface area contributed by atoms with Crippen LogP contribution in [0.5, 0.6) is 11.5 Å². The van der Waals surface area contributed by atoms with Gasteiger partial charge in [-0.25, -0.2) is 0 Å². The summed E-state index contributed by atoms with van der Waals surface area (Å²) in [5.74, 6) is -0.383. The fraction of sp³-hybridized carbons (Fsp3) is 0.200. The van der Waals surface area contributed by atoms with E-state index in [9.17, 15) is 15.0 Å². The molecule has 3 N–H and O–H groups in total. The van der Waals surface area contributed by atoms with E-state index in [1.54, 1.807) is 36.4 Å². The van der Waals surface area contributed by atoms with Gasteiger partial charge in [-0.15, -0.1) is 0 Å². The minimum Gasteiger partial charge on any atom is -0.504 e. The first-order valence-electron chi connectivity index (χ1n) is 10.1. The van der Waals surface area contributed by atoms with Crippen molar-refractivity contribution < 1.29 is 15.0 Å². The lowest BCUT2D eigenvalue weighted by molar-refractivity contribution is 0.0950. The summed E-state index contributed by atoms with van der Waals surface area (Å²) < 4.78 is 0. The highest BCUT2D eigenvalue weighted by Gasteiger charge is 2.19. The predicted octanol–water partition coefficient (Wildman–Crippen LogP) is 3.46. The van der Waals surface area contributed by atoms with Crippen molar-refractivity contribution in [1.29, 1.82) is 5.26 Å². The molecule has 0 atom stereocenters. The van der Waals surface area contributed by atoms with Crippen LogP contribution >= 0.6 is 0 Å². The van der Waals surface area contributed by atoms with Crippen molar-refractivity contribution >= 4 is 5.91 Å². The normalized spacial score (nSPS) is 13.3. The van der Waals surface area contributed by atoms with E-state index in [1.807, 2.05) is 24.3 Å². The van der Waals surface area contributed by atoms with Crippen molar-refractivity contribution in [2.45, 2.75) is 26.1 Å². The number of nitrogens with one attached hydrogen (secondary N) is 1. The lowest BCUT2D eigenvalue weighted by Gasteiger charge is -2.29. The molecule has 0 fully saturated rings. The Kier molecular flexibility index (Phi) is 5.87. The quantitative estimate of drug-likeness (QED) is 0.557. The summed E-state index contributed by atoms with van der Waals surface area (Å²) in [5.41, 5.74) is 5.16. The second-order valence-corrected chi connectivity index (χ2v) is 7.71. The highest BCUT2D eigenvalue weighted by molar-refractivity contribution is 5.94. The van der Waals surface area contributed by atoms with Crippen LogP contribution in [-0.2, 0) is 26.1 Å². The van der Waals surface area contributed by atoms with Gasteiger partial charge < -0.3 is 15.5 Å². The van der Waals surface area contributed by atoms with Gasteiger partial charge in [0, 0.05) is 31.7 Å². The van der Waals surface area contributed by atoms with Gasteiger partial charge in [0.05, 0.1) is 11.6 Å². The number of phenols is 2. The molecule has 1 aliphatic rings. The maximum atomic E-state index is 12.5. The zero-order valence-corrected chi connectivity index (χ0v) is 17.0. The Morgan fingerprint density at radius 3 is 2.52 bits per heavy atom. The standard InChI is InChI=1S/C25H23N3O3/c26-13-17-4-3-7-19(10-17)25(31)27-14-20-5-1-2-6-21(20)15-28-9-8-18-11-23(29)24(30)12-22(18)16-28/h1-7,10-12,29-30H,8-9,14-16H2,(H,27,31). The van der Waals surface area contributed by atoms with Crippen LogP contribution in [0.1, 0.15) is 38.2 Å². The molecule has 0 unspecified atom stereocenters. The monoisotopic (exact) mass is 413 g/mol. The average molecular weight is 413 g/mol. The molecule has 0 radical (unpaired) electrons. The number of benzene rings is 3. The lowest BCUT2D eigenvalue weighted by atomic mass is 9.98. The Hall–Kier alpha value is -3.82. The van der Waals surface area contributed by atoms with Crippen LogP contribution in [0.4, 0.5) is 0 Å². The highest BCUT2D eigenvalue weighted by Crippen LogP contribution is 2.32. The van der Waals surface area contributed by atoms with E-state index < -0.39 is 0 Å². The molecule has 0 aromatic heterocycles. The second kappa shape index (κ2) is 8.90. The fourth-order valence-electron chi connectivity index (χ4n) is 3.91. The fourth-order valence-corrected chi connectivity index (χ4v) is 3.91. The summed E-state index contributed by atoms with van der Waals surface area (Å²) in [6, 6.07) is 20.0. The van der Waals surface area contributed by atoms with Crippen LogP contribution < -0.4 is 5.32 Å². The predicted molar refractivity (Wildman–Crippen MR) is 116 cm³/mol. The summed E-state index contributed by atoms with van der Waals surface area (Å²) in [4.78, 5) is 14.8. The molecule has 156 valence electrons. The topological polar surface area (TPSA) is 96.6 Å². The smallest absolute Gasteiger partial charge is 0.251 e. The molecule has 4 rings (SSSR count). The largest absolute Gasteiger partial charge is 0.504 e. The minimum atomic E-state index is -0.214. The Morgan fingerprint density at radius 2 is 1.74 bits per heavy atom. The number of fused-ring (bicyclic) bond motifs is 1. The number of hydrogen-bond acceptors (Lipinski definition) is 5. The van der Waals surface area contributed by atoms with Gasteiger partial charge in [-0.1, -0.05) is 30.3 Å². The molecule has 31 heavy (non-hydrogen) atoms. The molecular formula is C25H23N3O3. The molecule has 1 aliphatic heterocycles. The van der Waals surface area contributed by atoms with Gasteiger partial charge in [-0.05, 0) is 59.0 Å². The Balaban J connectivity index is 1.43. The molecule has 0 spiro atoms. The van der Waals surface area contributed by atoms with Crippen molar-refractivity contribution in [3.63, 3.8) is 0 Å². The van der Waals surface area contributed by atoms with Gasteiger partial charge in [0.25, 0.3) is 5.91 Å². The maximum absolute atomic E-state index is 12.5. The van der Waals surface area contributed by atoms with Gasteiger partial charge in [0.15, 0.2) is 11.5 Å². The first kappa shape index (κ1) is 20.5. The Morgan fingerprint density at radius 1 is 1.00 bits per heavy atom. The summed E-state index contributed by atoms with van der Waals surface area (Å²) in [6.45, 7) is 2.64. The molecular weight excluding hydrogens is 390 g/mol. The van der Waals surface area contributed by atoms with Crippen molar-refractivity contribution in [1.82, 2.24) is 10.2 Å². The lowest BCUT2D eigenvalue weighted by Crippen LogP contribution is -2.31. The number of carbonyl (C=O) groups is 1. The molecule has 3 aromatic carbocycles. The van der Waals surface area contributed by atoms with Crippen molar-refractivity contribution in [3.8, 4) is 17.6 Å². The van der Waals surface area contributed by atoms with Crippen LogP contribution in [0, 0.1) is 11.3 Å². The van der Waals surface area contributed by atoms with Crippen LogP contribution in [0.15, 0.2) is 60.7 Å². The first-order chi connectivity index (χ1) is 15.0. The van der Waals surface area contributed by atoms with Gasteiger partial charge in [-0.3, -0.25) is 9.69 Å². The minimum absolute atomic E-state index is 0.0754. The third kappa shape index (κ3) is 4.68. The van der Waals surface area contributed by atoms with E-state index in [2.05, 4.69) is 16.3 Å². The number of nitriles is 1. The van der Waals surface area contributed by atoms with Gasteiger partial charge >= 0.3 is 0 Å². The third-order valence-corrected chi connectivity index (χ3v) is 5.59. The number of amides is 1. The van der Waals surface area contributed by atoms with E-state index >= 15 is 0 Å². The zero-order chi connectivity index (χ0) is 21.8. The Labute approximate surface area is 181 Å². The molecule has 0 aliphatic carbocycles. The number of phenolic OH excluding ortho intramolecular Hbond substituents is 2. The molecule has 1 heterocycles. The van der Waals surface area contributed by atoms with Crippen molar-refractivity contribution in [2.24, 2.45) is 0 Å². The van der Waals surface area contributed by atoms with Crippen LogP contribution in [0.25, 0.3) is 0 Å². The zero-order valence-electron chi connectivity index (χ0n) is 17.0. The molecule has 6 nitrogen and oxygen atoms in total. The number of rotatable bonds is 5. The van der Waals surface area contributed by atoms with Crippen molar-refractivity contribution in [2.75, 3.05) is 6.54 Å². The average Bonchev–Trinajstić information content (AvgIpc) is 2.79. The molecule has 0 saturated carbocycles. The SMILES string of the molecule is N#Cc1cccc(C(=O)NCc2ccccc2CN2CCc3cc(O)c(O)cc3C2)c1. The summed E-state index contributed by atoms with van der Waals surface area (Å²) >= 11 is 0. The second-order valence-electron chi connectivity index (χ2n) is 7.71. The summed E-state index contributed by atoms with van der Waals surface area (Å²) in [6.07, 6.45) is 0.803. The van der Waals surface area contributed by atoms with Crippen LogP contribution in [0.3, 0.4) is 0 Å². The van der Waals surface area contributed by atoms with E-state index in [-0.39, 0.29) is 17.4 Å². The number of hydrogen-bond donors (Lipinski definition) is 3. The molecule has 0 bridgehead atoms. The van der Waals surface area contributed by atoms with E-state index in [4.69, 9.17) is 5.26 Å². The molecule has 3 aromatic rings. The van der Waals surface area contributed by atoms with Gasteiger partial charge in [0.2, 0.25) is 0 Å². The third-order valence-electron chi connectivity index (χ3n) is 5.59. The van der Waals surface area contributed by atoms with E-state index in [1.165, 1.54) is 0 Å². The Bertz CT molecular complexity index is 1170. The highest BCUT2D eigenvalue weighted by atomic mass is 16.3. The van der Waals surface area contributed by atoms with E-state index in [0.717, 1.165) is 41.8 Å². The number of aromatic hydroxyl groups is 2. The van der Waals surface area contributed by atoms with Crippen LogP contribution in [-0.4, -0.2) is 27.6 Å². The number of carbonyl (C=O) groups excluding carboxylic acids is 1. The molecule has 0 saturated heterocycles. The van der Waals surface area contributed by atoms with Crippen LogP contribution in [0.2, 0.25) is 0 Å². The summed E-state index contributed by atoms with van der Waals surface area (Å²) in [7, 11) is 0. The molecule has 1 amide bonds. The van der Waals surface area contributed by atoms with E-state index in [0.29, 0.717) is 24.2 Å². The van der Waals surface area contributed by atoms with Gasteiger partial charge in [-0.2, -0.15) is 5.26 Å². The van der Waals surface area contributed by atoms with Gasteiger partial charge in [0.1, 0.15) is 0 Å². The van der Waals surface area contributed by atoms with Crippen molar-refractivity contribution in [3.05, 3.63) is 94.0 Å². The molecule has 6 heteroatoms.